The van der Waals surface area contributed by atoms with Crippen molar-refractivity contribution in [3.05, 3.63) is 18.0 Å². The lowest BCUT2D eigenvalue weighted by atomic mass is 10.0. The largest absolute Gasteiger partial charge is 0.479 e. The molecule has 1 fully saturated rings. The Morgan fingerprint density at radius 1 is 1.58 bits per heavy atom. The lowest BCUT2D eigenvalue weighted by molar-refractivity contribution is -0.142. The number of carbonyl (C=O) groups excluding carboxylic acids is 1. The zero-order valence-electron chi connectivity index (χ0n) is 10.8. The predicted molar refractivity (Wildman–Crippen MR) is 67.4 cm³/mol. The summed E-state index contributed by atoms with van der Waals surface area (Å²) in [6, 6.07) is -1.35. The number of hydrogen-bond acceptors (Lipinski definition) is 4. The molecule has 1 unspecified atom stereocenters. The van der Waals surface area contributed by atoms with Gasteiger partial charge in [0.15, 0.2) is 6.04 Å². The van der Waals surface area contributed by atoms with E-state index in [-0.39, 0.29) is 11.9 Å². The first kappa shape index (κ1) is 13.5. The Bertz CT molecular complexity index is 465. The highest BCUT2D eigenvalue weighted by Crippen LogP contribution is 2.14. The van der Waals surface area contributed by atoms with Crippen molar-refractivity contribution in [3.8, 4) is 0 Å². The molecule has 1 aromatic rings. The average molecular weight is 266 g/mol. The maximum absolute atomic E-state index is 12.0. The number of hydrogen-bond donors (Lipinski definition) is 3. The van der Waals surface area contributed by atoms with Gasteiger partial charge in [-0.25, -0.2) is 4.79 Å². The zero-order chi connectivity index (χ0) is 13.8. The molecule has 2 rings (SSSR count). The van der Waals surface area contributed by atoms with Gasteiger partial charge in [0.2, 0.25) is 5.91 Å². The van der Waals surface area contributed by atoms with Crippen LogP contribution in [0.15, 0.2) is 12.4 Å². The molecule has 1 amide bonds. The molecular formula is C12H18N4O3. The first-order chi connectivity index (χ1) is 9.08. The second-order valence-corrected chi connectivity index (χ2v) is 4.73. The summed E-state index contributed by atoms with van der Waals surface area (Å²) in [5.74, 6) is -1.35. The number of amides is 1. The molecule has 1 aromatic heterocycles. The third kappa shape index (κ3) is 3.31. The van der Waals surface area contributed by atoms with Gasteiger partial charge in [0.05, 0.1) is 12.2 Å². The third-order valence-corrected chi connectivity index (χ3v) is 3.22. The third-order valence-electron chi connectivity index (χ3n) is 3.22. The van der Waals surface area contributed by atoms with Crippen LogP contribution in [0.5, 0.6) is 0 Å². The minimum atomic E-state index is -1.09. The van der Waals surface area contributed by atoms with Gasteiger partial charge in [-0.15, -0.1) is 0 Å². The lowest BCUT2D eigenvalue weighted by Gasteiger charge is -2.24. The predicted octanol–water partition coefficient (Wildman–Crippen LogP) is -0.196. The summed E-state index contributed by atoms with van der Waals surface area (Å²) in [5, 5.41) is 18.8. The van der Waals surface area contributed by atoms with Crippen molar-refractivity contribution in [1.29, 1.82) is 0 Å². The van der Waals surface area contributed by atoms with Crippen LogP contribution < -0.4 is 10.6 Å². The van der Waals surface area contributed by atoms with Gasteiger partial charge in [0.25, 0.3) is 0 Å². The van der Waals surface area contributed by atoms with Crippen LogP contribution in [-0.2, 0) is 16.6 Å². The maximum Gasteiger partial charge on any atom is 0.331 e. The summed E-state index contributed by atoms with van der Waals surface area (Å²) in [6.07, 6.45) is 5.82. The molecule has 0 bridgehead atoms. The molecule has 1 aliphatic heterocycles. The molecule has 3 N–H and O–H groups in total. The van der Waals surface area contributed by atoms with Crippen molar-refractivity contribution in [2.45, 2.75) is 31.3 Å². The minimum absolute atomic E-state index is 0.268. The molecule has 0 aromatic carbocycles. The normalized spacial score (nSPS) is 20.8. The highest BCUT2D eigenvalue weighted by atomic mass is 16.4. The number of aromatic nitrogens is 2. The van der Waals surface area contributed by atoms with Crippen molar-refractivity contribution in [1.82, 2.24) is 20.4 Å². The number of rotatable bonds is 4. The second kappa shape index (κ2) is 5.83. The molecule has 0 spiro atoms. The summed E-state index contributed by atoms with van der Waals surface area (Å²) < 4.78 is 1.51. The van der Waals surface area contributed by atoms with E-state index in [1.165, 1.54) is 10.9 Å². The van der Waals surface area contributed by atoms with Crippen molar-refractivity contribution >= 4 is 11.9 Å². The second-order valence-electron chi connectivity index (χ2n) is 4.73. The first-order valence-electron chi connectivity index (χ1n) is 6.33. The number of piperidine rings is 1. The Morgan fingerprint density at radius 2 is 2.37 bits per heavy atom. The van der Waals surface area contributed by atoms with Gasteiger partial charge in [0, 0.05) is 18.8 Å². The van der Waals surface area contributed by atoms with E-state index in [1.807, 2.05) is 0 Å². The first-order valence-corrected chi connectivity index (χ1v) is 6.33. The quantitative estimate of drug-likeness (QED) is 0.701. The van der Waals surface area contributed by atoms with Crippen LogP contribution in [0.3, 0.4) is 0 Å². The van der Waals surface area contributed by atoms with E-state index in [1.54, 1.807) is 13.2 Å². The summed E-state index contributed by atoms with van der Waals surface area (Å²) in [4.78, 5) is 23.3. The van der Waals surface area contributed by atoms with E-state index in [0.717, 1.165) is 25.8 Å². The van der Waals surface area contributed by atoms with Crippen LogP contribution in [0.4, 0.5) is 0 Å². The van der Waals surface area contributed by atoms with Crippen molar-refractivity contribution in [3.63, 3.8) is 0 Å². The van der Waals surface area contributed by atoms with Gasteiger partial charge >= 0.3 is 5.97 Å². The zero-order valence-corrected chi connectivity index (χ0v) is 10.8. The summed E-state index contributed by atoms with van der Waals surface area (Å²) in [7, 11) is 1.70. The molecule has 0 radical (unpaired) electrons. The Labute approximate surface area is 111 Å². The molecule has 2 atom stereocenters. The summed E-state index contributed by atoms with van der Waals surface area (Å²) >= 11 is 0. The van der Waals surface area contributed by atoms with Crippen molar-refractivity contribution in [2.24, 2.45) is 7.05 Å². The Hall–Kier alpha value is -1.89. The van der Waals surface area contributed by atoms with Gasteiger partial charge in [-0.2, -0.15) is 5.10 Å². The van der Waals surface area contributed by atoms with Gasteiger partial charge in [-0.05, 0) is 19.4 Å². The highest BCUT2D eigenvalue weighted by Gasteiger charge is 2.28. The molecule has 0 saturated carbocycles. The number of aliphatic carboxylic acids is 1. The van der Waals surface area contributed by atoms with E-state index in [2.05, 4.69) is 15.7 Å². The molecule has 7 nitrogen and oxygen atoms in total. The fraction of sp³-hybridized carbons (Fsp3) is 0.583. The molecule has 2 heterocycles. The van der Waals surface area contributed by atoms with Crippen LogP contribution in [0.1, 0.15) is 30.9 Å². The van der Waals surface area contributed by atoms with Crippen LogP contribution in [0, 0.1) is 0 Å². The minimum Gasteiger partial charge on any atom is -0.479 e. The fourth-order valence-corrected chi connectivity index (χ4v) is 2.20. The van der Waals surface area contributed by atoms with Crippen LogP contribution in [0.2, 0.25) is 0 Å². The van der Waals surface area contributed by atoms with Crippen molar-refractivity contribution in [2.75, 3.05) is 6.54 Å². The Kier molecular flexibility index (Phi) is 4.16. The van der Waals surface area contributed by atoms with E-state index in [0.29, 0.717) is 5.56 Å². The number of carbonyl (C=O) groups is 2. The van der Waals surface area contributed by atoms with Crippen molar-refractivity contribution < 1.29 is 14.7 Å². The number of nitrogens with one attached hydrogen (secondary N) is 2. The Morgan fingerprint density at radius 3 is 2.89 bits per heavy atom. The van der Waals surface area contributed by atoms with Crippen LogP contribution in [-0.4, -0.2) is 39.4 Å². The lowest BCUT2D eigenvalue weighted by Crippen LogP contribution is -2.48. The van der Waals surface area contributed by atoms with Gasteiger partial charge in [-0.3, -0.25) is 9.48 Å². The summed E-state index contributed by atoms with van der Waals surface area (Å²) in [6.45, 7) is 0.794. The van der Waals surface area contributed by atoms with Crippen LogP contribution >= 0.6 is 0 Å². The Balaban J connectivity index is 2.04. The smallest absolute Gasteiger partial charge is 0.331 e. The topological polar surface area (TPSA) is 96.2 Å². The number of carboxylic acids is 1. The monoisotopic (exact) mass is 266 g/mol. The molecule has 104 valence electrons. The van der Waals surface area contributed by atoms with E-state index in [9.17, 15) is 14.7 Å². The average Bonchev–Trinajstić information content (AvgIpc) is 2.82. The molecule has 19 heavy (non-hydrogen) atoms. The molecule has 1 aliphatic rings. The SMILES string of the molecule is Cn1cc(C(NC(=O)[C@H]2CCCCN2)C(=O)O)cn1. The molecule has 7 heteroatoms. The standard InChI is InChI=1S/C12H18N4O3/c1-16-7-8(6-14-16)10(12(18)19)15-11(17)9-4-2-3-5-13-9/h6-7,9-10,13H,2-5H2,1H3,(H,15,17)(H,18,19)/t9-,10?/m1/s1. The van der Waals surface area contributed by atoms with E-state index >= 15 is 0 Å². The molecule has 0 aliphatic carbocycles. The fourth-order valence-electron chi connectivity index (χ4n) is 2.20. The summed E-state index contributed by atoms with van der Waals surface area (Å²) in [5.41, 5.74) is 0.471. The van der Waals surface area contributed by atoms with Gasteiger partial charge in [-0.1, -0.05) is 6.42 Å². The molecular weight excluding hydrogens is 248 g/mol. The van der Waals surface area contributed by atoms with Gasteiger partial charge < -0.3 is 15.7 Å². The highest BCUT2D eigenvalue weighted by molar-refractivity contribution is 5.87. The van der Waals surface area contributed by atoms with E-state index < -0.39 is 12.0 Å². The molecule has 1 saturated heterocycles. The number of nitrogens with zero attached hydrogens (tertiary/aromatic N) is 2. The number of carboxylic acid groups (broad SMARTS) is 1. The van der Waals surface area contributed by atoms with Crippen LogP contribution in [0.25, 0.3) is 0 Å². The van der Waals surface area contributed by atoms with Gasteiger partial charge in [0.1, 0.15) is 0 Å². The maximum atomic E-state index is 12.0. The number of aryl methyl sites for hydroxylation is 1. The van der Waals surface area contributed by atoms with E-state index in [4.69, 9.17) is 0 Å².